The first-order chi connectivity index (χ1) is 9.08. The number of benzene rings is 1. The third kappa shape index (κ3) is 3.51. The molecule has 4 nitrogen and oxygen atoms in total. The van der Waals surface area contributed by atoms with Crippen LogP contribution < -0.4 is 10.5 Å². The van der Waals surface area contributed by atoms with Crippen molar-refractivity contribution in [1.29, 1.82) is 0 Å². The number of nitrogens with zero attached hydrogens (tertiary/aromatic N) is 1. The van der Waals surface area contributed by atoms with Crippen molar-refractivity contribution in [3.05, 3.63) is 40.7 Å². The number of carbonyl (C=O) groups excluding carboxylic acids is 1. The van der Waals surface area contributed by atoms with Gasteiger partial charge in [0.1, 0.15) is 5.78 Å². The average Bonchev–Trinajstić information content (AvgIpc) is 2.74. The van der Waals surface area contributed by atoms with Gasteiger partial charge in [-0.2, -0.15) is 0 Å². The molecule has 2 N–H and O–H groups in total. The van der Waals surface area contributed by atoms with Gasteiger partial charge < -0.3 is 10.5 Å². The molecule has 2 rings (SSSR count). The lowest BCUT2D eigenvalue weighted by molar-refractivity contribution is -0.117. The number of halogens is 1. The van der Waals surface area contributed by atoms with E-state index in [0.717, 1.165) is 0 Å². The largest absolute Gasteiger partial charge is 0.494 e. The number of methoxy groups -OCH3 is 1. The Balaban J connectivity index is 2.00. The van der Waals surface area contributed by atoms with E-state index in [9.17, 15) is 9.18 Å². The zero-order chi connectivity index (χ0) is 13.8. The third-order valence-corrected chi connectivity index (χ3v) is 3.29. The Morgan fingerprint density at radius 3 is 2.84 bits per heavy atom. The normalized spacial score (nSPS) is 10.4. The SMILES string of the molecule is COc1ccc(CC(=O)Cc2csc(N)n2)cc1F. The number of nitrogen functional groups attached to an aromatic ring is 1. The topological polar surface area (TPSA) is 65.2 Å². The molecule has 0 atom stereocenters. The van der Waals surface area contributed by atoms with Crippen LogP contribution in [0, 0.1) is 5.82 Å². The summed E-state index contributed by atoms with van der Waals surface area (Å²) in [5, 5.41) is 2.19. The Labute approximate surface area is 114 Å². The number of Topliss-reactive ketones (excluding diaryl/α,β-unsaturated/α-hetero) is 1. The highest BCUT2D eigenvalue weighted by atomic mass is 32.1. The number of aromatic nitrogens is 1. The van der Waals surface area contributed by atoms with Gasteiger partial charge in [0.05, 0.1) is 12.8 Å². The van der Waals surface area contributed by atoms with Crippen LogP contribution in [-0.2, 0) is 17.6 Å². The maximum absolute atomic E-state index is 13.5. The quantitative estimate of drug-likeness (QED) is 0.912. The van der Waals surface area contributed by atoms with Crippen LogP contribution >= 0.6 is 11.3 Å². The lowest BCUT2D eigenvalue weighted by Gasteiger charge is -2.04. The lowest BCUT2D eigenvalue weighted by Crippen LogP contribution is -2.07. The molecule has 0 spiro atoms. The van der Waals surface area contributed by atoms with E-state index >= 15 is 0 Å². The molecule has 1 heterocycles. The smallest absolute Gasteiger partial charge is 0.180 e. The fourth-order valence-corrected chi connectivity index (χ4v) is 2.28. The van der Waals surface area contributed by atoms with E-state index in [0.29, 0.717) is 16.4 Å². The lowest BCUT2D eigenvalue weighted by atomic mass is 10.1. The number of hydrogen-bond acceptors (Lipinski definition) is 5. The van der Waals surface area contributed by atoms with E-state index in [1.54, 1.807) is 11.4 Å². The summed E-state index contributed by atoms with van der Waals surface area (Å²) in [4.78, 5) is 15.8. The minimum absolute atomic E-state index is 0.0325. The van der Waals surface area contributed by atoms with Gasteiger partial charge in [-0.25, -0.2) is 9.37 Å². The zero-order valence-electron chi connectivity index (χ0n) is 10.4. The molecule has 0 saturated heterocycles. The summed E-state index contributed by atoms with van der Waals surface area (Å²) in [6.45, 7) is 0. The van der Waals surface area contributed by atoms with Crippen molar-refractivity contribution in [2.75, 3.05) is 12.8 Å². The standard InChI is InChI=1S/C13H13FN2O2S/c1-18-12-3-2-8(5-11(12)14)4-10(17)6-9-7-19-13(15)16-9/h2-3,5,7H,4,6H2,1H3,(H2,15,16). The van der Waals surface area contributed by atoms with Gasteiger partial charge in [-0.1, -0.05) is 6.07 Å². The van der Waals surface area contributed by atoms with Crippen molar-refractivity contribution in [3.8, 4) is 5.75 Å². The van der Waals surface area contributed by atoms with Crippen molar-refractivity contribution in [1.82, 2.24) is 4.98 Å². The van der Waals surface area contributed by atoms with Gasteiger partial charge in [0.15, 0.2) is 16.7 Å². The van der Waals surface area contributed by atoms with Gasteiger partial charge in [-0.05, 0) is 17.7 Å². The minimum atomic E-state index is -0.467. The number of hydrogen-bond donors (Lipinski definition) is 1. The summed E-state index contributed by atoms with van der Waals surface area (Å²) in [6, 6.07) is 4.50. The van der Waals surface area contributed by atoms with Crippen LogP contribution in [0.2, 0.25) is 0 Å². The highest BCUT2D eigenvalue weighted by Crippen LogP contribution is 2.18. The molecule has 2 aromatic rings. The van der Waals surface area contributed by atoms with E-state index < -0.39 is 5.82 Å². The molecule has 0 aliphatic rings. The Hall–Kier alpha value is -1.95. The van der Waals surface area contributed by atoms with Gasteiger partial charge in [0.25, 0.3) is 0 Å². The number of nitrogens with two attached hydrogens (primary N) is 1. The van der Waals surface area contributed by atoms with Crippen LogP contribution in [0.5, 0.6) is 5.75 Å². The van der Waals surface area contributed by atoms with E-state index in [2.05, 4.69) is 4.98 Å². The molecule has 0 aliphatic carbocycles. The van der Waals surface area contributed by atoms with E-state index in [1.807, 2.05) is 0 Å². The fraction of sp³-hybridized carbons (Fsp3) is 0.231. The first-order valence-electron chi connectivity index (χ1n) is 5.62. The van der Waals surface area contributed by atoms with E-state index in [-0.39, 0.29) is 24.4 Å². The Bertz CT molecular complexity index is 598. The second-order valence-corrected chi connectivity index (χ2v) is 4.93. The van der Waals surface area contributed by atoms with Crippen molar-refractivity contribution in [2.45, 2.75) is 12.8 Å². The maximum atomic E-state index is 13.5. The van der Waals surface area contributed by atoms with Crippen molar-refractivity contribution in [2.24, 2.45) is 0 Å². The van der Waals surface area contributed by atoms with Crippen molar-refractivity contribution < 1.29 is 13.9 Å². The molecule has 0 saturated carbocycles. The number of thiazole rings is 1. The molecule has 100 valence electrons. The van der Waals surface area contributed by atoms with Gasteiger partial charge in [0.2, 0.25) is 0 Å². The van der Waals surface area contributed by atoms with E-state index in [1.165, 1.54) is 30.6 Å². The summed E-state index contributed by atoms with van der Waals surface area (Å²) in [7, 11) is 1.40. The highest BCUT2D eigenvalue weighted by molar-refractivity contribution is 7.13. The third-order valence-electron chi connectivity index (χ3n) is 2.57. The molecule has 0 amide bonds. The molecular weight excluding hydrogens is 267 g/mol. The second kappa shape index (κ2) is 5.79. The Morgan fingerprint density at radius 1 is 1.47 bits per heavy atom. The molecule has 1 aromatic carbocycles. The van der Waals surface area contributed by atoms with Crippen LogP contribution in [0.15, 0.2) is 23.6 Å². The minimum Gasteiger partial charge on any atom is -0.494 e. The van der Waals surface area contributed by atoms with Crippen LogP contribution in [0.25, 0.3) is 0 Å². The Morgan fingerprint density at radius 2 is 2.26 bits per heavy atom. The molecule has 0 fully saturated rings. The van der Waals surface area contributed by atoms with Crippen LogP contribution in [0.1, 0.15) is 11.3 Å². The van der Waals surface area contributed by atoms with E-state index in [4.69, 9.17) is 10.5 Å². The molecular formula is C13H13FN2O2S. The molecule has 0 bridgehead atoms. The molecule has 0 radical (unpaired) electrons. The van der Waals surface area contributed by atoms with Crippen LogP contribution in [0.3, 0.4) is 0 Å². The number of ether oxygens (including phenoxy) is 1. The maximum Gasteiger partial charge on any atom is 0.180 e. The summed E-state index contributed by atoms with van der Waals surface area (Å²) in [6.07, 6.45) is 0.375. The fourth-order valence-electron chi connectivity index (χ4n) is 1.72. The van der Waals surface area contributed by atoms with Gasteiger partial charge in [-0.3, -0.25) is 4.79 Å². The number of carbonyl (C=O) groups is 1. The number of anilines is 1. The highest BCUT2D eigenvalue weighted by Gasteiger charge is 2.10. The molecule has 1 aromatic heterocycles. The summed E-state index contributed by atoms with van der Waals surface area (Å²) in [5.74, 6) is -0.330. The van der Waals surface area contributed by atoms with Gasteiger partial charge >= 0.3 is 0 Å². The summed E-state index contributed by atoms with van der Waals surface area (Å²) >= 11 is 1.30. The summed E-state index contributed by atoms with van der Waals surface area (Å²) < 4.78 is 18.3. The van der Waals surface area contributed by atoms with Crippen molar-refractivity contribution in [3.63, 3.8) is 0 Å². The predicted molar refractivity (Wildman–Crippen MR) is 71.9 cm³/mol. The Kier molecular flexibility index (Phi) is 4.11. The summed E-state index contributed by atoms with van der Waals surface area (Å²) in [5.41, 5.74) is 6.76. The molecule has 6 heteroatoms. The van der Waals surface area contributed by atoms with Crippen molar-refractivity contribution >= 4 is 22.3 Å². The average molecular weight is 280 g/mol. The predicted octanol–water partition coefficient (Wildman–Crippen LogP) is 2.23. The zero-order valence-corrected chi connectivity index (χ0v) is 11.2. The first-order valence-corrected chi connectivity index (χ1v) is 6.50. The molecule has 0 aliphatic heterocycles. The number of rotatable bonds is 5. The van der Waals surface area contributed by atoms with Gasteiger partial charge in [0, 0.05) is 18.2 Å². The van der Waals surface area contributed by atoms with Crippen LogP contribution in [-0.4, -0.2) is 17.9 Å². The molecule has 19 heavy (non-hydrogen) atoms. The first kappa shape index (κ1) is 13.5. The number of ketones is 1. The van der Waals surface area contributed by atoms with Crippen LogP contribution in [0.4, 0.5) is 9.52 Å². The van der Waals surface area contributed by atoms with Gasteiger partial charge in [-0.15, -0.1) is 11.3 Å². The monoisotopic (exact) mass is 280 g/mol. The second-order valence-electron chi connectivity index (χ2n) is 4.04. The molecule has 0 unspecified atom stereocenters.